The van der Waals surface area contributed by atoms with Crippen molar-refractivity contribution in [3.63, 3.8) is 0 Å². The molecule has 0 fully saturated rings. The molecule has 1 aliphatic heterocycles. The first-order valence-corrected chi connectivity index (χ1v) is 7.54. The lowest BCUT2D eigenvalue weighted by molar-refractivity contribution is -0.991. The maximum atomic E-state index is 12.1. The quantitative estimate of drug-likeness (QED) is 0.488. The summed E-state index contributed by atoms with van der Waals surface area (Å²) in [6, 6.07) is 0. The van der Waals surface area contributed by atoms with E-state index < -0.39 is 10.8 Å². The standard InChI is InChI=1S/C14H18N6O4/c1-7-15-10-4-6-19(5-3-9(10)13(21)17-7)12-11(20(23)24)14(22)18-8(2)16-12/h20,23H,3-6H2,1-2H3,(H,15,17,21)(H,16,18,22). The minimum Gasteiger partial charge on any atom is -0.595 e. The van der Waals surface area contributed by atoms with Crippen LogP contribution in [-0.2, 0) is 12.8 Å². The summed E-state index contributed by atoms with van der Waals surface area (Å²) in [6.45, 7) is 4.13. The van der Waals surface area contributed by atoms with Gasteiger partial charge in [0.2, 0.25) is 5.82 Å². The van der Waals surface area contributed by atoms with Gasteiger partial charge in [0.1, 0.15) is 11.6 Å². The largest absolute Gasteiger partial charge is 0.595 e. The van der Waals surface area contributed by atoms with E-state index in [1.807, 2.05) is 0 Å². The van der Waals surface area contributed by atoms with E-state index in [2.05, 4.69) is 19.9 Å². The molecule has 3 heterocycles. The molecule has 0 bridgehead atoms. The number of aryl methyl sites for hydroxylation is 2. The van der Waals surface area contributed by atoms with Gasteiger partial charge in [0.25, 0.3) is 11.2 Å². The fraction of sp³-hybridized carbons (Fsp3) is 0.429. The molecule has 1 atom stereocenters. The summed E-state index contributed by atoms with van der Waals surface area (Å²) >= 11 is 0. The van der Waals surface area contributed by atoms with Crippen LogP contribution in [0.15, 0.2) is 9.59 Å². The lowest BCUT2D eigenvalue weighted by atomic mass is 10.1. The number of rotatable bonds is 2. The first-order valence-electron chi connectivity index (χ1n) is 7.54. The third-order valence-electron chi connectivity index (χ3n) is 4.00. The minimum atomic E-state index is -1.33. The van der Waals surface area contributed by atoms with E-state index in [0.29, 0.717) is 48.8 Å². The van der Waals surface area contributed by atoms with E-state index >= 15 is 0 Å². The van der Waals surface area contributed by atoms with Gasteiger partial charge >= 0.3 is 5.56 Å². The molecule has 0 aliphatic carbocycles. The minimum absolute atomic E-state index is 0.129. The Morgan fingerprint density at radius 2 is 1.71 bits per heavy atom. The van der Waals surface area contributed by atoms with Crippen molar-refractivity contribution in [3.05, 3.63) is 48.8 Å². The van der Waals surface area contributed by atoms with Crippen LogP contribution in [0.4, 0.5) is 11.5 Å². The van der Waals surface area contributed by atoms with E-state index in [4.69, 9.17) is 0 Å². The average molecular weight is 334 g/mol. The highest BCUT2D eigenvalue weighted by molar-refractivity contribution is 5.56. The number of quaternary nitrogens is 1. The second-order valence-corrected chi connectivity index (χ2v) is 5.72. The van der Waals surface area contributed by atoms with Crippen molar-refractivity contribution in [1.82, 2.24) is 19.9 Å². The number of nitrogens with zero attached hydrogens (tertiary/aromatic N) is 3. The summed E-state index contributed by atoms with van der Waals surface area (Å²) in [4.78, 5) is 39.4. The smallest absolute Gasteiger partial charge is 0.318 e. The van der Waals surface area contributed by atoms with Crippen LogP contribution in [0.5, 0.6) is 0 Å². The summed E-state index contributed by atoms with van der Waals surface area (Å²) in [7, 11) is 0. The molecule has 128 valence electrons. The van der Waals surface area contributed by atoms with Crippen LogP contribution in [0.1, 0.15) is 22.9 Å². The Labute approximate surface area is 136 Å². The number of nitrogens with one attached hydrogen (secondary N) is 3. The molecule has 1 aliphatic rings. The highest BCUT2D eigenvalue weighted by Crippen LogP contribution is 2.20. The highest BCUT2D eigenvalue weighted by atomic mass is 16.8. The van der Waals surface area contributed by atoms with Gasteiger partial charge in [-0.3, -0.25) is 9.59 Å². The van der Waals surface area contributed by atoms with Crippen LogP contribution in [0.3, 0.4) is 0 Å². The van der Waals surface area contributed by atoms with Crippen molar-refractivity contribution in [2.45, 2.75) is 26.7 Å². The van der Waals surface area contributed by atoms with Gasteiger partial charge in [-0.1, -0.05) is 0 Å². The summed E-state index contributed by atoms with van der Waals surface area (Å²) in [5.41, 5.74) is 0.0646. The topological polar surface area (TPSA) is 142 Å². The molecule has 24 heavy (non-hydrogen) atoms. The first-order chi connectivity index (χ1) is 11.4. The van der Waals surface area contributed by atoms with Crippen LogP contribution in [0.25, 0.3) is 0 Å². The Balaban J connectivity index is 2.01. The van der Waals surface area contributed by atoms with Crippen LogP contribution < -0.4 is 21.2 Å². The lowest BCUT2D eigenvalue weighted by Gasteiger charge is -2.24. The van der Waals surface area contributed by atoms with E-state index in [1.165, 1.54) is 0 Å². The molecule has 4 N–H and O–H groups in total. The molecule has 1 unspecified atom stereocenters. The Kier molecular flexibility index (Phi) is 4.18. The summed E-state index contributed by atoms with van der Waals surface area (Å²) in [5.74, 6) is 1.02. The molecule has 0 saturated heterocycles. The molecule has 0 aromatic carbocycles. The van der Waals surface area contributed by atoms with Crippen LogP contribution in [0.2, 0.25) is 0 Å². The van der Waals surface area contributed by atoms with Gasteiger partial charge in [0.15, 0.2) is 0 Å². The van der Waals surface area contributed by atoms with E-state index in [-0.39, 0.29) is 17.1 Å². The fourth-order valence-electron chi connectivity index (χ4n) is 2.94. The van der Waals surface area contributed by atoms with Crippen molar-refractivity contribution in [3.8, 4) is 0 Å². The molecule has 0 saturated carbocycles. The monoisotopic (exact) mass is 334 g/mol. The van der Waals surface area contributed by atoms with Gasteiger partial charge in [-0.05, 0) is 20.3 Å². The summed E-state index contributed by atoms with van der Waals surface area (Å²) in [6.07, 6.45) is 0.886. The number of hydrogen-bond donors (Lipinski definition) is 4. The Morgan fingerprint density at radius 1 is 1.08 bits per heavy atom. The van der Waals surface area contributed by atoms with Crippen molar-refractivity contribution in [2.24, 2.45) is 0 Å². The average Bonchev–Trinajstić information content (AvgIpc) is 2.68. The zero-order valence-electron chi connectivity index (χ0n) is 13.3. The predicted molar refractivity (Wildman–Crippen MR) is 84.6 cm³/mol. The van der Waals surface area contributed by atoms with Gasteiger partial charge in [-0.25, -0.2) is 15.2 Å². The highest BCUT2D eigenvalue weighted by Gasteiger charge is 2.25. The number of H-pyrrole nitrogens is 2. The van der Waals surface area contributed by atoms with Gasteiger partial charge in [-0.15, -0.1) is 0 Å². The van der Waals surface area contributed by atoms with Crippen molar-refractivity contribution >= 4 is 11.5 Å². The normalized spacial score (nSPS) is 15.8. The fourth-order valence-corrected chi connectivity index (χ4v) is 2.94. The zero-order chi connectivity index (χ0) is 17.4. The SMILES string of the molecule is Cc1nc2c(c(=O)[nH]1)CCN(c1nc(C)[nH]c(=O)c1[NH+]([O-])O)CC2. The zero-order valence-corrected chi connectivity index (χ0v) is 13.3. The van der Waals surface area contributed by atoms with E-state index in [1.54, 1.807) is 18.7 Å². The molecule has 0 radical (unpaired) electrons. The van der Waals surface area contributed by atoms with Gasteiger partial charge in [0.05, 0.1) is 5.69 Å². The van der Waals surface area contributed by atoms with Crippen LogP contribution in [0, 0.1) is 19.1 Å². The van der Waals surface area contributed by atoms with Gasteiger partial charge in [-0.2, -0.15) is 5.23 Å². The number of aromatic nitrogens is 4. The van der Waals surface area contributed by atoms with Crippen LogP contribution >= 0.6 is 0 Å². The number of anilines is 1. The summed E-state index contributed by atoms with van der Waals surface area (Å²) in [5, 5.41) is 19.5. The third kappa shape index (κ3) is 2.94. The number of hydrogen-bond acceptors (Lipinski definition) is 7. The maximum Gasteiger partial charge on any atom is 0.318 e. The number of aromatic amines is 2. The number of fused-ring (bicyclic) bond motifs is 1. The Hall–Kier alpha value is -2.56. The van der Waals surface area contributed by atoms with E-state index in [9.17, 15) is 20.0 Å². The molecule has 10 nitrogen and oxygen atoms in total. The van der Waals surface area contributed by atoms with Crippen molar-refractivity contribution in [1.29, 1.82) is 0 Å². The molecule has 10 heteroatoms. The maximum absolute atomic E-state index is 12.1. The summed E-state index contributed by atoms with van der Waals surface area (Å²) < 4.78 is 0. The lowest BCUT2D eigenvalue weighted by Crippen LogP contribution is -3.00. The van der Waals surface area contributed by atoms with E-state index in [0.717, 1.165) is 0 Å². The van der Waals surface area contributed by atoms with Gasteiger partial charge in [0, 0.05) is 25.1 Å². The molecule has 2 aromatic heterocycles. The second-order valence-electron chi connectivity index (χ2n) is 5.72. The predicted octanol–water partition coefficient (Wildman–Crippen LogP) is -1.52. The van der Waals surface area contributed by atoms with Crippen molar-refractivity contribution < 1.29 is 10.4 Å². The van der Waals surface area contributed by atoms with Gasteiger partial charge < -0.3 is 20.1 Å². The molecule has 2 aromatic rings. The molecule has 0 amide bonds. The molecular formula is C14H18N6O4. The van der Waals surface area contributed by atoms with Crippen molar-refractivity contribution in [2.75, 3.05) is 18.0 Å². The first kappa shape index (κ1) is 16.3. The second kappa shape index (κ2) is 6.15. The molecule has 0 spiro atoms. The molecular weight excluding hydrogens is 316 g/mol. The molecule has 3 rings (SSSR count). The van der Waals surface area contributed by atoms with Crippen LogP contribution in [-0.4, -0.2) is 38.2 Å². The Morgan fingerprint density at radius 3 is 2.42 bits per heavy atom. The Bertz CT molecular complexity index is 888. The third-order valence-corrected chi connectivity index (χ3v) is 4.00.